The number of pyridine rings is 1. The van der Waals surface area contributed by atoms with E-state index in [-0.39, 0.29) is 40.5 Å². The Morgan fingerprint density at radius 1 is 1.10 bits per heavy atom. The average Bonchev–Trinajstić information content (AvgIpc) is 2.69. The number of nitrogens with zero attached hydrogens (tertiary/aromatic N) is 1. The van der Waals surface area contributed by atoms with Crippen molar-refractivity contribution < 1.29 is 18.3 Å². The minimum atomic E-state index is -4.03. The fourth-order valence-corrected chi connectivity index (χ4v) is 4.71. The topological polar surface area (TPSA) is 108 Å². The van der Waals surface area contributed by atoms with Gasteiger partial charge < -0.3 is 10.1 Å². The Morgan fingerprint density at radius 2 is 1.80 bits per heavy atom. The summed E-state index contributed by atoms with van der Waals surface area (Å²) in [5.74, 6) is -0.252. The lowest BCUT2D eigenvalue weighted by Crippen LogP contribution is -2.35. The van der Waals surface area contributed by atoms with Gasteiger partial charge in [0, 0.05) is 29.7 Å². The number of benzene rings is 2. The molecule has 3 rings (SSSR count). The third-order valence-corrected chi connectivity index (χ3v) is 6.95. The third kappa shape index (κ3) is 4.35. The van der Waals surface area contributed by atoms with E-state index >= 15 is 0 Å². The Morgan fingerprint density at radius 3 is 2.47 bits per heavy atom. The molecule has 0 aliphatic carbocycles. The third-order valence-electron chi connectivity index (χ3n) is 5.11. The number of carbonyl (C=O) groups excluding carboxylic acids is 1. The van der Waals surface area contributed by atoms with Crippen molar-refractivity contribution in [1.29, 1.82) is 0 Å². The molecule has 30 heavy (non-hydrogen) atoms. The van der Waals surface area contributed by atoms with Crippen molar-refractivity contribution in [2.45, 2.75) is 32.2 Å². The molecule has 0 saturated heterocycles. The quantitative estimate of drug-likeness (QED) is 0.562. The summed E-state index contributed by atoms with van der Waals surface area (Å²) in [6.07, 6.45) is 0. The molecule has 0 fully saturated rings. The molecule has 0 bridgehead atoms. The lowest BCUT2D eigenvalue weighted by molar-refractivity contribution is 0.101. The zero-order valence-electron chi connectivity index (χ0n) is 17.1. The molecule has 8 heteroatoms. The van der Waals surface area contributed by atoms with Crippen molar-refractivity contribution >= 4 is 26.7 Å². The number of sulfonamides is 1. The van der Waals surface area contributed by atoms with Gasteiger partial charge in [-0.25, -0.2) is 8.42 Å². The Kier molecular flexibility index (Phi) is 6.21. The van der Waals surface area contributed by atoms with Crippen LogP contribution in [0.15, 0.2) is 52.2 Å². The predicted octanol–water partition coefficient (Wildman–Crippen LogP) is 2.53. The van der Waals surface area contributed by atoms with Gasteiger partial charge in [0.15, 0.2) is 5.78 Å². The zero-order valence-corrected chi connectivity index (χ0v) is 17.9. The highest BCUT2D eigenvalue weighted by Gasteiger charge is 2.26. The lowest BCUT2D eigenvalue weighted by atomic mass is 10.1. The van der Waals surface area contributed by atoms with Crippen molar-refractivity contribution in [3.8, 4) is 0 Å². The van der Waals surface area contributed by atoms with Crippen LogP contribution < -0.4 is 5.56 Å². The molecule has 0 amide bonds. The summed E-state index contributed by atoms with van der Waals surface area (Å²) >= 11 is 0. The van der Waals surface area contributed by atoms with Crippen LogP contribution in [0, 0.1) is 13.8 Å². The highest BCUT2D eigenvalue weighted by molar-refractivity contribution is 7.89. The van der Waals surface area contributed by atoms with E-state index in [0.29, 0.717) is 5.52 Å². The number of hydrogen-bond acceptors (Lipinski definition) is 5. The fraction of sp³-hybridized carbons (Fsp3) is 0.273. The van der Waals surface area contributed by atoms with E-state index in [4.69, 9.17) is 0 Å². The number of rotatable bonds is 7. The number of ketones is 1. The molecule has 3 aromatic rings. The summed E-state index contributed by atoms with van der Waals surface area (Å²) in [6.45, 7) is 4.48. The molecule has 0 atom stereocenters. The van der Waals surface area contributed by atoms with Crippen LogP contribution in [0.5, 0.6) is 0 Å². The predicted molar refractivity (Wildman–Crippen MR) is 115 cm³/mol. The SMILES string of the molecule is CC(=O)c1cccc(S(=O)(=O)N(CCO)Cc2cc3cc(C)c(C)cc3[nH]c2=O)c1. The zero-order chi connectivity index (χ0) is 22.1. The maximum atomic E-state index is 13.2. The summed E-state index contributed by atoms with van der Waals surface area (Å²) in [5.41, 5.74) is 2.93. The normalized spacial score (nSPS) is 11.9. The van der Waals surface area contributed by atoms with E-state index in [1.165, 1.54) is 31.2 Å². The molecular weight excluding hydrogens is 404 g/mol. The second-order valence-electron chi connectivity index (χ2n) is 7.29. The summed E-state index contributed by atoms with van der Waals surface area (Å²) in [4.78, 5) is 27.0. The number of hydrogen-bond donors (Lipinski definition) is 2. The number of aliphatic hydroxyl groups is 1. The van der Waals surface area contributed by atoms with Crippen LogP contribution >= 0.6 is 0 Å². The first-order valence-electron chi connectivity index (χ1n) is 9.48. The molecule has 0 saturated carbocycles. The highest BCUT2D eigenvalue weighted by atomic mass is 32.2. The first kappa shape index (κ1) is 21.9. The summed E-state index contributed by atoms with van der Waals surface area (Å²) < 4.78 is 27.4. The van der Waals surface area contributed by atoms with Gasteiger partial charge >= 0.3 is 0 Å². The molecule has 0 aliphatic heterocycles. The molecule has 158 valence electrons. The molecule has 1 aromatic heterocycles. The van der Waals surface area contributed by atoms with Gasteiger partial charge in [-0.05, 0) is 67.6 Å². The van der Waals surface area contributed by atoms with Crippen molar-refractivity contribution in [3.63, 3.8) is 0 Å². The number of aryl methyl sites for hydroxylation is 2. The van der Waals surface area contributed by atoms with Crippen molar-refractivity contribution in [2.75, 3.05) is 13.2 Å². The van der Waals surface area contributed by atoms with E-state index < -0.39 is 16.6 Å². The van der Waals surface area contributed by atoms with Gasteiger partial charge in [-0.15, -0.1) is 0 Å². The minimum Gasteiger partial charge on any atom is -0.395 e. The molecule has 0 radical (unpaired) electrons. The Hall–Kier alpha value is -2.81. The van der Waals surface area contributed by atoms with E-state index in [1.807, 2.05) is 26.0 Å². The van der Waals surface area contributed by atoms with Crippen LogP contribution in [0.2, 0.25) is 0 Å². The van der Waals surface area contributed by atoms with Crippen molar-refractivity contribution in [1.82, 2.24) is 9.29 Å². The van der Waals surface area contributed by atoms with Gasteiger partial charge in [-0.2, -0.15) is 4.31 Å². The molecule has 1 heterocycles. The van der Waals surface area contributed by atoms with E-state index in [9.17, 15) is 23.1 Å². The Balaban J connectivity index is 2.04. The molecule has 2 N–H and O–H groups in total. The van der Waals surface area contributed by atoms with E-state index in [2.05, 4.69) is 4.98 Å². The molecule has 7 nitrogen and oxygen atoms in total. The van der Waals surface area contributed by atoms with Crippen LogP contribution in [0.4, 0.5) is 0 Å². The number of aliphatic hydroxyl groups excluding tert-OH is 1. The van der Waals surface area contributed by atoms with E-state index in [0.717, 1.165) is 20.8 Å². The van der Waals surface area contributed by atoms with Crippen LogP contribution in [0.1, 0.15) is 34.0 Å². The van der Waals surface area contributed by atoms with Gasteiger partial charge in [0.2, 0.25) is 10.0 Å². The van der Waals surface area contributed by atoms with E-state index in [1.54, 1.807) is 6.07 Å². The molecule has 0 aliphatic rings. The van der Waals surface area contributed by atoms with Gasteiger partial charge in [0.05, 0.1) is 11.5 Å². The fourth-order valence-electron chi connectivity index (χ4n) is 3.25. The highest BCUT2D eigenvalue weighted by Crippen LogP contribution is 2.21. The first-order chi connectivity index (χ1) is 14.1. The minimum absolute atomic E-state index is 0.0627. The molecule has 2 aromatic carbocycles. The molecule has 0 spiro atoms. The van der Waals surface area contributed by atoms with Crippen molar-refractivity contribution in [3.05, 3.63) is 75.1 Å². The van der Waals surface area contributed by atoms with Crippen LogP contribution in [0.25, 0.3) is 10.9 Å². The van der Waals surface area contributed by atoms with Crippen LogP contribution in [-0.4, -0.2) is 41.7 Å². The summed E-state index contributed by atoms with van der Waals surface area (Å²) in [7, 11) is -4.03. The van der Waals surface area contributed by atoms with Crippen molar-refractivity contribution in [2.24, 2.45) is 0 Å². The Labute approximate surface area is 175 Å². The standard InChI is InChI=1S/C22H24N2O5S/c1-14-9-18-11-19(22(27)23-21(18)10-15(14)2)13-24(7-8-25)30(28,29)20-6-4-5-17(12-20)16(3)26/h4-6,9-12,25H,7-8,13H2,1-3H3,(H,23,27). The second kappa shape index (κ2) is 8.51. The largest absolute Gasteiger partial charge is 0.395 e. The number of aromatic amines is 1. The van der Waals surface area contributed by atoms with Gasteiger partial charge in [0.1, 0.15) is 0 Å². The monoisotopic (exact) mass is 428 g/mol. The molecular formula is C22H24N2O5S. The second-order valence-corrected chi connectivity index (χ2v) is 9.23. The molecule has 0 unspecified atom stereocenters. The number of aromatic nitrogens is 1. The average molecular weight is 429 g/mol. The number of Topliss-reactive ketones (excluding diaryl/α,β-unsaturated/α-hetero) is 1. The smallest absolute Gasteiger partial charge is 0.252 e. The summed E-state index contributed by atoms with van der Waals surface area (Å²) in [5, 5.41) is 10.2. The number of carbonyl (C=O) groups is 1. The van der Waals surface area contributed by atoms with Crippen LogP contribution in [-0.2, 0) is 16.6 Å². The van der Waals surface area contributed by atoms with Gasteiger partial charge in [-0.3, -0.25) is 9.59 Å². The van der Waals surface area contributed by atoms with Crippen LogP contribution in [0.3, 0.4) is 0 Å². The van der Waals surface area contributed by atoms with Gasteiger partial charge in [-0.1, -0.05) is 12.1 Å². The number of fused-ring (bicyclic) bond motifs is 1. The number of H-pyrrole nitrogens is 1. The number of nitrogens with one attached hydrogen (secondary N) is 1. The maximum Gasteiger partial charge on any atom is 0.252 e. The maximum absolute atomic E-state index is 13.2. The Bertz CT molecular complexity index is 1280. The summed E-state index contributed by atoms with van der Waals surface area (Å²) in [6, 6.07) is 11.2. The first-order valence-corrected chi connectivity index (χ1v) is 10.9. The van der Waals surface area contributed by atoms with Gasteiger partial charge in [0.25, 0.3) is 5.56 Å². The lowest BCUT2D eigenvalue weighted by Gasteiger charge is -2.21.